The van der Waals surface area contributed by atoms with Crippen molar-refractivity contribution in [3.8, 4) is 0 Å². The van der Waals surface area contributed by atoms with Gasteiger partial charge in [0.25, 0.3) is 5.69 Å². The predicted molar refractivity (Wildman–Crippen MR) is 88.1 cm³/mol. The van der Waals surface area contributed by atoms with Gasteiger partial charge < -0.3 is 14.5 Å². The van der Waals surface area contributed by atoms with Gasteiger partial charge in [-0.2, -0.15) is 13.2 Å². The number of hydrogen-bond acceptors (Lipinski definition) is 5. The minimum Gasteiger partial charge on any atom is -0.449 e. The molecular formula is C16H20F3N3O4. The van der Waals surface area contributed by atoms with Crippen LogP contribution in [-0.2, 0) is 10.9 Å². The van der Waals surface area contributed by atoms with Crippen molar-refractivity contribution in [1.29, 1.82) is 0 Å². The normalized spacial score (nSPS) is 15.3. The van der Waals surface area contributed by atoms with Gasteiger partial charge in [0.1, 0.15) is 0 Å². The maximum atomic E-state index is 13.3. The molecule has 0 aromatic heterocycles. The molecule has 0 radical (unpaired) electrons. The zero-order chi connectivity index (χ0) is 19.5. The highest BCUT2D eigenvalue weighted by Gasteiger charge is 2.37. The van der Waals surface area contributed by atoms with E-state index in [0.29, 0.717) is 6.07 Å². The molecule has 0 saturated carbocycles. The lowest BCUT2D eigenvalue weighted by molar-refractivity contribution is -0.385. The summed E-state index contributed by atoms with van der Waals surface area (Å²) >= 11 is 0. The number of non-ortho nitro benzene ring substituents is 1. The molecule has 0 N–H and O–H groups in total. The monoisotopic (exact) mass is 375 g/mol. The Bertz CT molecular complexity index is 671. The third kappa shape index (κ3) is 4.77. The Morgan fingerprint density at radius 2 is 1.88 bits per heavy atom. The highest BCUT2D eigenvalue weighted by Crippen LogP contribution is 2.39. The second-order valence-electron chi connectivity index (χ2n) is 6.40. The van der Waals surface area contributed by atoms with Crippen LogP contribution in [0.15, 0.2) is 18.2 Å². The van der Waals surface area contributed by atoms with Crippen molar-refractivity contribution >= 4 is 17.5 Å². The van der Waals surface area contributed by atoms with Crippen LogP contribution in [-0.4, -0.2) is 48.7 Å². The minimum atomic E-state index is -4.71. The van der Waals surface area contributed by atoms with Crippen molar-refractivity contribution in [1.82, 2.24) is 4.90 Å². The molecule has 1 aromatic carbocycles. The highest BCUT2D eigenvalue weighted by atomic mass is 19.4. The van der Waals surface area contributed by atoms with E-state index in [-0.39, 0.29) is 44.4 Å². The molecule has 0 bridgehead atoms. The summed E-state index contributed by atoms with van der Waals surface area (Å²) in [6.45, 7) is 4.86. The van der Waals surface area contributed by atoms with Crippen LogP contribution in [0.4, 0.5) is 29.3 Å². The van der Waals surface area contributed by atoms with E-state index in [1.165, 1.54) is 9.80 Å². The minimum absolute atomic E-state index is 0.127. The quantitative estimate of drug-likeness (QED) is 0.594. The van der Waals surface area contributed by atoms with Crippen LogP contribution in [0.5, 0.6) is 0 Å². The SMILES string of the molecule is CC(C)COC(=O)N1CCN(c2ccc([N+](=O)[O-])cc2C(F)(F)F)CC1. The largest absolute Gasteiger partial charge is 0.449 e. The molecule has 144 valence electrons. The maximum Gasteiger partial charge on any atom is 0.418 e. The Morgan fingerprint density at radius 3 is 2.38 bits per heavy atom. The number of ether oxygens (including phenoxy) is 1. The van der Waals surface area contributed by atoms with E-state index in [2.05, 4.69) is 0 Å². The smallest absolute Gasteiger partial charge is 0.418 e. The number of benzene rings is 1. The summed E-state index contributed by atoms with van der Waals surface area (Å²) in [6.07, 6.45) is -5.20. The Morgan fingerprint density at radius 1 is 1.27 bits per heavy atom. The number of halogens is 3. The van der Waals surface area contributed by atoms with Crippen LogP contribution >= 0.6 is 0 Å². The van der Waals surface area contributed by atoms with Crippen molar-refractivity contribution in [2.24, 2.45) is 5.92 Å². The number of anilines is 1. The van der Waals surface area contributed by atoms with Crippen LogP contribution in [0.1, 0.15) is 19.4 Å². The van der Waals surface area contributed by atoms with Crippen molar-refractivity contribution in [2.45, 2.75) is 20.0 Å². The van der Waals surface area contributed by atoms with Gasteiger partial charge in [-0.1, -0.05) is 13.8 Å². The van der Waals surface area contributed by atoms with Gasteiger partial charge >= 0.3 is 12.3 Å². The standard InChI is InChI=1S/C16H20F3N3O4/c1-11(2)10-26-15(23)21-7-5-20(6-8-21)14-4-3-12(22(24)25)9-13(14)16(17,18)19/h3-4,9,11H,5-8,10H2,1-2H3. The summed E-state index contributed by atoms with van der Waals surface area (Å²) in [5.41, 5.74) is -1.79. The first-order valence-corrected chi connectivity index (χ1v) is 8.12. The first-order valence-electron chi connectivity index (χ1n) is 8.12. The molecule has 1 aliphatic heterocycles. The van der Waals surface area contributed by atoms with Gasteiger partial charge in [0, 0.05) is 44.0 Å². The summed E-state index contributed by atoms with van der Waals surface area (Å²) < 4.78 is 45.0. The molecule has 0 unspecified atom stereocenters. The zero-order valence-electron chi connectivity index (χ0n) is 14.5. The van der Waals surface area contributed by atoms with Gasteiger partial charge in [0.05, 0.1) is 17.1 Å². The zero-order valence-corrected chi connectivity index (χ0v) is 14.5. The fraction of sp³-hybridized carbons (Fsp3) is 0.562. The van der Waals surface area contributed by atoms with Gasteiger partial charge in [-0.25, -0.2) is 4.79 Å². The summed E-state index contributed by atoms with van der Waals surface area (Å²) in [6, 6.07) is 2.69. The number of nitrogens with zero attached hydrogens (tertiary/aromatic N) is 3. The molecule has 1 saturated heterocycles. The number of carbonyl (C=O) groups excluding carboxylic acids is 1. The number of nitro groups is 1. The Labute approximate surface area is 148 Å². The van der Waals surface area contributed by atoms with Gasteiger partial charge in [-0.05, 0) is 12.0 Å². The molecular weight excluding hydrogens is 355 g/mol. The molecule has 2 rings (SSSR count). The number of rotatable bonds is 4. The molecule has 26 heavy (non-hydrogen) atoms. The maximum absolute atomic E-state index is 13.3. The van der Waals surface area contributed by atoms with Crippen molar-refractivity contribution in [3.05, 3.63) is 33.9 Å². The van der Waals surface area contributed by atoms with E-state index in [0.717, 1.165) is 12.1 Å². The lowest BCUT2D eigenvalue weighted by atomic mass is 10.1. The third-order valence-corrected chi connectivity index (χ3v) is 3.92. The average molecular weight is 375 g/mol. The molecule has 0 aliphatic carbocycles. The fourth-order valence-corrected chi connectivity index (χ4v) is 2.60. The van der Waals surface area contributed by atoms with Crippen molar-refractivity contribution < 1.29 is 27.6 Å². The van der Waals surface area contributed by atoms with Crippen LogP contribution in [0.25, 0.3) is 0 Å². The Kier molecular flexibility index (Phi) is 5.94. The molecule has 1 aromatic rings. The highest BCUT2D eigenvalue weighted by molar-refractivity contribution is 5.68. The summed E-state index contributed by atoms with van der Waals surface area (Å²) in [5, 5.41) is 10.8. The van der Waals surface area contributed by atoms with Crippen LogP contribution in [0.2, 0.25) is 0 Å². The van der Waals surface area contributed by atoms with Crippen molar-refractivity contribution in [2.75, 3.05) is 37.7 Å². The molecule has 1 aliphatic rings. The van der Waals surface area contributed by atoms with E-state index in [1.807, 2.05) is 13.8 Å². The van der Waals surface area contributed by atoms with E-state index in [4.69, 9.17) is 4.74 Å². The number of carbonyl (C=O) groups is 1. The third-order valence-electron chi connectivity index (χ3n) is 3.92. The second-order valence-corrected chi connectivity index (χ2v) is 6.40. The van der Waals surface area contributed by atoms with E-state index < -0.39 is 28.4 Å². The molecule has 1 heterocycles. The molecule has 10 heteroatoms. The number of piperazine rings is 1. The molecule has 7 nitrogen and oxygen atoms in total. The van der Waals surface area contributed by atoms with Crippen LogP contribution in [0.3, 0.4) is 0 Å². The summed E-state index contributed by atoms with van der Waals surface area (Å²) in [5.74, 6) is 0.190. The molecule has 0 spiro atoms. The predicted octanol–water partition coefficient (Wildman–Crippen LogP) is 3.53. The van der Waals surface area contributed by atoms with Gasteiger partial charge in [0.15, 0.2) is 0 Å². The van der Waals surface area contributed by atoms with Crippen molar-refractivity contribution in [3.63, 3.8) is 0 Å². The average Bonchev–Trinajstić information content (AvgIpc) is 2.58. The first-order chi connectivity index (χ1) is 12.1. The van der Waals surface area contributed by atoms with Gasteiger partial charge in [0.2, 0.25) is 0 Å². The van der Waals surface area contributed by atoms with Gasteiger partial charge in [-0.3, -0.25) is 10.1 Å². The molecule has 1 amide bonds. The lowest BCUT2D eigenvalue weighted by Crippen LogP contribution is -2.49. The number of nitro benzene ring substituents is 1. The number of hydrogen-bond donors (Lipinski definition) is 0. The van der Waals surface area contributed by atoms with Crippen LogP contribution in [0, 0.1) is 16.0 Å². The van der Waals surface area contributed by atoms with E-state index in [1.54, 1.807) is 0 Å². The fourth-order valence-electron chi connectivity index (χ4n) is 2.60. The topological polar surface area (TPSA) is 75.9 Å². The Hall–Kier alpha value is -2.52. The lowest BCUT2D eigenvalue weighted by Gasteiger charge is -2.36. The number of amides is 1. The first kappa shape index (κ1) is 19.8. The Balaban J connectivity index is 2.11. The van der Waals surface area contributed by atoms with E-state index >= 15 is 0 Å². The number of alkyl halides is 3. The second kappa shape index (κ2) is 7.79. The summed E-state index contributed by atoms with van der Waals surface area (Å²) in [4.78, 5) is 24.7. The van der Waals surface area contributed by atoms with Gasteiger partial charge in [-0.15, -0.1) is 0 Å². The van der Waals surface area contributed by atoms with E-state index in [9.17, 15) is 28.1 Å². The van der Waals surface area contributed by atoms with Crippen LogP contribution < -0.4 is 4.90 Å². The molecule has 0 atom stereocenters. The molecule has 1 fully saturated rings. The summed E-state index contributed by atoms with van der Waals surface area (Å²) in [7, 11) is 0.